The summed E-state index contributed by atoms with van der Waals surface area (Å²) in [4.78, 5) is 33.6. The normalized spacial score (nSPS) is 18.5. The molecule has 2 saturated carbocycles. The van der Waals surface area contributed by atoms with E-state index < -0.39 is 11.7 Å². The molecule has 3 amide bonds. The zero-order valence-electron chi connectivity index (χ0n) is 22.0. The average Bonchev–Trinajstić information content (AvgIpc) is 3.67. The van der Waals surface area contributed by atoms with Crippen molar-refractivity contribution in [2.75, 3.05) is 21.3 Å². The third-order valence-corrected chi connectivity index (χ3v) is 7.43. The maximum absolute atomic E-state index is 14.1. The van der Waals surface area contributed by atoms with Crippen molar-refractivity contribution in [1.82, 2.24) is 24.9 Å². The Kier molecular flexibility index (Phi) is 7.55. The second kappa shape index (κ2) is 11.6. The highest BCUT2D eigenvalue weighted by molar-refractivity contribution is 6.30. The van der Waals surface area contributed by atoms with Crippen molar-refractivity contribution in [3.63, 3.8) is 0 Å². The number of nitrogens with zero attached hydrogens (tertiary/aromatic N) is 4. The van der Waals surface area contributed by atoms with Gasteiger partial charge in [-0.2, -0.15) is 0 Å². The fraction of sp³-hybridized carbons (Fsp3) is 0.321. The van der Waals surface area contributed by atoms with Crippen LogP contribution in [0.3, 0.4) is 0 Å². The number of hydrogen-bond acceptors (Lipinski definition) is 7. The fourth-order valence-electron chi connectivity index (χ4n) is 4.89. The summed E-state index contributed by atoms with van der Waals surface area (Å²) in [6.45, 7) is 0. The monoisotopic (exact) mass is 577 g/mol. The lowest BCUT2D eigenvalue weighted by molar-refractivity contribution is 0.102. The van der Waals surface area contributed by atoms with E-state index >= 15 is 0 Å². The molecule has 2 aliphatic rings. The Hall–Kier alpha value is -4.45. The lowest BCUT2D eigenvalue weighted by atomic mass is 9.91. The fourth-order valence-corrected chi connectivity index (χ4v) is 5.01. The molecule has 0 spiro atoms. The molecule has 2 fully saturated rings. The van der Waals surface area contributed by atoms with Crippen molar-refractivity contribution in [2.45, 2.75) is 56.7 Å². The summed E-state index contributed by atoms with van der Waals surface area (Å²) in [5.41, 5.74) is 2.17. The topological polar surface area (TPSA) is 137 Å². The Balaban J connectivity index is 1.12. The standard InChI is InChI=1S/C28H29ClFN9O2/c29-16-1-3-19(4-2-16)35-28(41)36-20-9-7-18(8-10-20)34-25-13-23(33-17-5-6-17)26-32-15-24(39(26)38-25)27(40)37-22-11-12-31-14-21(22)30/h1-4,11-15,17-18,20,33H,5-10H2,(H,34,38)(H,31,37,40)(H2,35,36,41). The van der Waals surface area contributed by atoms with Crippen molar-refractivity contribution in [1.29, 1.82) is 0 Å². The van der Waals surface area contributed by atoms with Crippen LogP contribution >= 0.6 is 11.6 Å². The summed E-state index contributed by atoms with van der Waals surface area (Å²) in [5.74, 6) is -0.568. The number of imidazole rings is 1. The van der Waals surface area contributed by atoms with Crippen LogP contribution in [0.1, 0.15) is 49.0 Å². The van der Waals surface area contributed by atoms with Gasteiger partial charge in [0.1, 0.15) is 5.82 Å². The van der Waals surface area contributed by atoms with E-state index in [0.717, 1.165) is 50.4 Å². The molecule has 3 heterocycles. The number of nitrogens with one attached hydrogen (secondary N) is 5. The number of amides is 3. The number of rotatable bonds is 8. The summed E-state index contributed by atoms with van der Waals surface area (Å²) >= 11 is 5.91. The number of carbonyl (C=O) groups is 2. The van der Waals surface area contributed by atoms with Gasteiger partial charge >= 0.3 is 6.03 Å². The van der Waals surface area contributed by atoms with Crippen LogP contribution in [-0.2, 0) is 0 Å². The Morgan fingerprint density at radius 3 is 2.32 bits per heavy atom. The van der Waals surface area contributed by atoms with Crippen molar-refractivity contribution in [2.24, 2.45) is 0 Å². The van der Waals surface area contributed by atoms with E-state index in [1.807, 2.05) is 6.07 Å². The minimum absolute atomic E-state index is 0.0257. The predicted molar refractivity (Wildman–Crippen MR) is 155 cm³/mol. The van der Waals surface area contributed by atoms with Crippen molar-refractivity contribution in [3.8, 4) is 0 Å². The molecule has 5 N–H and O–H groups in total. The van der Waals surface area contributed by atoms with Crippen molar-refractivity contribution in [3.05, 3.63) is 71.5 Å². The van der Waals surface area contributed by atoms with Gasteiger partial charge in [0.15, 0.2) is 17.2 Å². The number of fused-ring (bicyclic) bond motifs is 1. The molecule has 11 nitrogen and oxygen atoms in total. The zero-order chi connectivity index (χ0) is 28.3. The van der Waals surface area contributed by atoms with Gasteiger partial charge in [0.25, 0.3) is 5.91 Å². The molecule has 0 radical (unpaired) electrons. The molecule has 0 bridgehead atoms. The van der Waals surface area contributed by atoms with E-state index in [4.69, 9.17) is 11.6 Å². The van der Waals surface area contributed by atoms with Gasteiger partial charge in [0.2, 0.25) is 0 Å². The van der Waals surface area contributed by atoms with Gasteiger partial charge in [-0.3, -0.25) is 9.78 Å². The molecule has 13 heteroatoms. The van der Waals surface area contributed by atoms with Crippen molar-refractivity contribution < 1.29 is 14.0 Å². The first-order valence-electron chi connectivity index (χ1n) is 13.6. The van der Waals surface area contributed by atoms with Gasteiger partial charge in [0, 0.05) is 41.1 Å². The quantitative estimate of drug-likeness (QED) is 0.192. The lowest BCUT2D eigenvalue weighted by Gasteiger charge is -2.30. The van der Waals surface area contributed by atoms with Crippen LogP contribution in [-0.4, -0.2) is 49.6 Å². The Bertz CT molecular complexity index is 1570. The summed E-state index contributed by atoms with van der Waals surface area (Å²) < 4.78 is 15.6. The van der Waals surface area contributed by atoms with Crippen LogP contribution in [0.2, 0.25) is 5.02 Å². The van der Waals surface area contributed by atoms with Crippen LogP contribution in [0.5, 0.6) is 0 Å². The maximum Gasteiger partial charge on any atom is 0.319 e. The first-order chi connectivity index (χ1) is 19.9. The molecule has 0 aliphatic heterocycles. The second-order valence-electron chi connectivity index (χ2n) is 10.3. The van der Waals surface area contributed by atoms with Gasteiger partial charge in [-0.15, -0.1) is 5.10 Å². The molecule has 212 valence electrons. The molecular weight excluding hydrogens is 549 g/mol. The summed E-state index contributed by atoms with van der Waals surface area (Å²) in [5, 5.41) is 20.7. The van der Waals surface area contributed by atoms with E-state index in [1.54, 1.807) is 24.3 Å². The average molecular weight is 578 g/mol. The summed E-state index contributed by atoms with van der Waals surface area (Å²) in [6.07, 6.45) is 9.27. The number of benzene rings is 1. The first-order valence-corrected chi connectivity index (χ1v) is 13.9. The first kappa shape index (κ1) is 26.8. The van der Waals surface area contributed by atoms with Crippen LogP contribution in [0.4, 0.5) is 32.1 Å². The SMILES string of the molecule is O=C(Nc1ccc(Cl)cc1)NC1CCC(Nc2cc(NC3CC3)c3ncc(C(=O)Nc4ccncc4F)n3n2)CC1. The van der Waals surface area contributed by atoms with Crippen molar-refractivity contribution >= 4 is 52.1 Å². The molecule has 2 aliphatic carbocycles. The second-order valence-corrected chi connectivity index (χ2v) is 10.8. The Morgan fingerprint density at radius 2 is 1.59 bits per heavy atom. The van der Waals surface area contributed by atoms with Crippen LogP contribution < -0.4 is 26.6 Å². The number of halogens is 2. The molecule has 0 atom stereocenters. The minimum Gasteiger partial charge on any atom is -0.379 e. The third kappa shape index (κ3) is 6.49. The Morgan fingerprint density at radius 1 is 0.878 bits per heavy atom. The number of carbonyl (C=O) groups excluding carboxylic acids is 2. The highest BCUT2D eigenvalue weighted by Gasteiger charge is 2.26. The van der Waals surface area contributed by atoms with Gasteiger partial charge in [0.05, 0.1) is 23.8 Å². The number of pyridine rings is 1. The molecule has 41 heavy (non-hydrogen) atoms. The van der Waals surface area contributed by atoms with E-state index in [9.17, 15) is 14.0 Å². The number of hydrogen-bond donors (Lipinski definition) is 5. The summed E-state index contributed by atoms with van der Waals surface area (Å²) in [6, 6.07) is 10.6. The van der Waals surface area contributed by atoms with Gasteiger partial charge in [-0.25, -0.2) is 18.7 Å². The molecule has 0 saturated heterocycles. The highest BCUT2D eigenvalue weighted by Crippen LogP contribution is 2.30. The molecule has 4 aromatic rings. The highest BCUT2D eigenvalue weighted by atomic mass is 35.5. The Labute approximate surface area is 240 Å². The van der Waals surface area contributed by atoms with Gasteiger partial charge in [-0.1, -0.05) is 11.6 Å². The number of anilines is 4. The van der Waals surface area contributed by atoms with E-state index in [0.29, 0.717) is 28.2 Å². The number of urea groups is 1. The number of aromatic nitrogens is 4. The smallest absolute Gasteiger partial charge is 0.319 e. The molecule has 1 aromatic carbocycles. The van der Waals surface area contributed by atoms with E-state index in [1.165, 1.54) is 23.0 Å². The van der Waals surface area contributed by atoms with Crippen LogP contribution in [0, 0.1) is 5.82 Å². The third-order valence-electron chi connectivity index (χ3n) is 7.17. The minimum atomic E-state index is -0.631. The largest absolute Gasteiger partial charge is 0.379 e. The van der Waals surface area contributed by atoms with Gasteiger partial charge in [-0.05, 0) is 68.9 Å². The lowest BCUT2D eigenvalue weighted by Crippen LogP contribution is -2.42. The van der Waals surface area contributed by atoms with Crippen LogP contribution in [0.25, 0.3) is 5.65 Å². The molecule has 0 unspecified atom stereocenters. The van der Waals surface area contributed by atoms with E-state index in [-0.39, 0.29) is 29.5 Å². The maximum atomic E-state index is 14.1. The molecule has 6 rings (SSSR count). The van der Waals surface area contributed by atoms with E-state index in [2.05, 4.69) is 41.7 Å². The summed E-state index contributed by atoms with van der Waals surface area (Å²) in [7, 11) is 0. The molecular formula is C28H29ClFN9O2. The predicted octanol–water partition coefficient (Wildman–Crippen LogP) is 5.29. The molecule has 3 aromatic heterocycles. The zero-order valence-corrected chi connectivity index (χ0v) is 22.8. The van der Waals surface area contributed by atoms with Gasteiger partial charge < -0.3 is 26.6 Å². The van der Waals surface area contributed by atoms with Crippen LogP contribution in [0.15, 0.2) is 55.0 Å².